The van der Waals surface area contributed by atoms with E-state index in [1.807, 2.05) is 38.1 Å². The molecule has 0 saturated heterocycles. The molecule has 0 heterocycles. The second-order valence-corrected chi connectivity index (χ2v) is 3.79. The lowest BCUT2D eigenvalue weighted by Crippen LogP contribution is -2.14. The molecule has 15 heavy (non-hydrogen) atoms. The number of Topliss-reactive ketones (excluding diaryl/α,β-unsaturated/α-hetero) is 1. The number of hydrogen-bond donors (Lipinski definition) is 0. The minimum Gasteiger partial charge on any atom is -0.371 e. The first kappa shape index (κ1) is 11.9. The number of rotatable bonds is 5. The Morgan fingerprint density at radius 1 is 1.33 bits per heavy atom. The van der Waals surface area contributed by atoms with Gasteiger partial charge in [0.2, 0.25) is 0 Å². The van der Waals surface area contributed by atoms with Crippen molar-refractivity contribution in [2.45, 2.75) is 33.3 Å². The highest BCUT2D eigenvalue weighted by Crippen LogP contribution is 2.10. The summed E-state index contributed by atoms with van der Waals surface area (Å²) in [5, 5.41) is 0. The molecule has 0 aliphatic heterocycles. The molecular weight excluding hydrogens is 188 g/mol. The summed E-state index contributed by atoms with van der Waals surface area (Å²) in [7, 11) is 0. The molecule has 0 atom stereocenters. The Bertz CT molecular complexity index is 329. The normalized spacial score (nSPS) is 10.7. The minimum atomic E-state index is 0.0705. The number of carbonyl (C=O) groups is 1. The monoisotopic (exact) mass is 206 g/mol. The second kappa shape index (κ2) is 5.66. The Balaban J connectivity index is 2.72. The van der Waals surface area contributed by atoms with Crippen molar-refractivity contribution in [3.05, 3.63) is 35.4 Å². The first-order valence-corrected chi connectivity index (χ1v) is 5.37. The molecule has 0 bridgehead atoms. The molecule has 0 aromatic heterocycles. The summed E-state index contributed by atoms with van der Waals surface area (Å²) in [6, 6.07) is 7.70. The zero-order chi connectivity index (χ0) is 11.3. The molecule has 0 N–H and O–H groups in total. The third kappa shape index (κ3) is 3.48. The van der Waals surface area contributed by atoms with Gasteiger partial charge in [0.15, 0.2) is 5.78 Å². The van der Waals surface area contributed by atoms with Gasteiger partial charge in [-0.2, -0.15) is 0 Å². The summed E-state index contributed by atoms with van der Waals surface area (Å²) in [6.07, 6.45) is 0.978. The minimum absolute atomic E-state index is 0.0705. The van der Waals surface area contributed by atoms with Gasteiger partial charge in [0.1, 0.15) is 6.61 Å². The third-order valence-corrected chi connectivity index (χ3v) is 2.25. The van der Waals surface area contributed by atoms with Gasteiger partial charge in [-0.3, -0.25) is 4.79 Å². The van der Waals surface area contributed by atoms with Gasteiger partial charge in [0, 0.05) is 5.56 Å². The van der Waals surface area contributed by atoms with E-state index in [9.17, 15) is 4.79 Å². The molecule has 1 rings (SSSR count). The SMILES string of the molecule is CCc1ccccc1C(=O)COC(C)C. The molecule has 0 saturated carbocycles. The summed E-state index contributed by atoms with van der Waals surface area (Å²) in [5.41, 5.74) is 1.88. The van der Waals surface area contributed by atoms with Gasteiger partial charge in [-0.1, -0.05) is 31.2 Å². The van der Waals surface area contributed by atoms with E-state index >= 15 is 0 Å². The Kier molecular flexibility index (Phi) is 4.50. The van der Waals surface area contributed by atoms with Crippen molar-refractivity contribution in [3.63, 3.8) is 0 Å². The summed E-state index contributed by atoms with van der Waals surface area (Å²) in [4.78, 5) is 11.8. The van der Waals surface area contributed by atoms with Crippen LogP contribution in [0.25, 0.3) is 0 Å². The highest BCUT2D eigenvalue weighted by molar-refractivity contribution is 5.98. The molecular formula is C13H18O2. The van der Waals surface area contributed by atoms with Crippen LogP contribution >= 0.6 is 0 Å². The van der Waals surface area contributed by atoms with E-state index in [0.717, 1.165) is 17.5 Å². The maximum Gasteiger partial charge on any atom is 0.188 e. The van der Waals surface area contributed by atoms with Gasteiger partial charge in [0.25, 0.3) is 0 Å². The molecule has 0 spiro atoms. The maximum absolute atomic E-state index is 11.8. The molecule has 0 radical (unpaired) electrons. The lowest BCUT2D eigenvalue weighted by molar-refractivity contribution is 0.0584. The lowest BCUT2D eigenvalue weighted by atomic mass is 10.0. The first-order chi connectivity index (χ1) is 7.15. The van der Waals surface area contributed by atoms with Gasteiger partial charge in [0.05, 0.1) is 6.10 Å². The molecule has 2 nitrogen and oxygen atoms in total. The van der Waals surface area contributed by atoms with Crippen LogP contribution in [0.15, 0.2) is 24.3 Å². The zero-order valence-electron chi connectivity index (χ0n) is 9.62. The van der Waals surface area contributed by atoms with E-state index in [4.69, 9.17) is 4.74 Å². The van der Waals surface area contributed by atoms with Crippen molar-refractivity contribution in [1.29, 1.82) is 0 Å². The fourth-order valence-electron chi connectivity index (χ4n) is 1.42. The summed E-state index contributed by atoms with van der Waals surface area (Å²) in [5.74, 6) is 0.0705. The Hall–Kier alpha value is -1.15. The second-order valence-electron chi connectivity index (χ2n) is 3.79. The predicted molar refractivity (Wildman–Crippen MR) is 61.2 cm³/mol. The molecule has 0 aliphatic carbocycles. The quantitative estimate of drug-likeness (QED) is 0.692. The Labute approximate surface area is 91.3 Å². The largest absolute Gasteiger partial charge is 0.371 e. The average molecular weight is 206 g/mol. The topological polar surface area (TPSA) is 26.3 Å². The van der Waals surface area contributed by atoms with Crippen molar-refractivity contribution >= 4 is 5.78 Å². The highest BCUT2D eigenvalue weighted by Gasteiger charge is 2.10. The van der Waals surface area contributed by atoms with Crippen LogP contribution in [0, 0.1) is 0 Å². The molecule has 0 fully saturated rings. The van der Waals surface area contributed by atoms with Crippen LogP contribution in [0.3, 0.4) is 0 Å². The van der Waals surface area contributed by atoms with Crippen molar-refractivity contribution in [2.75, 3.05) is 6.61 Å². The van der Waals surface area contributed by atoms with Crippen molar-refractivity contribution < 1.29 is 9.53 Å². The van der Waals surface area contributed by atoms with E-state index in [-0.39, 0.29) is 18.5 Å². The van der Waals surface area contributed by atoms with Crippen molar-refractivity contribution in [2.24, 2.45) is 0 Å². The molecule has 0 amide bonds. The Morgan fingerprint density at radius 3 is 2.60 bits per heavy atom. The lowest BCUT2D eigenvalue weighted by Gasteiger charge is -2.09. The van der Waals surface area contributed by atoms with Gasteiger partial charge in [-0.25, -0.2) is 0 Å². The predicted octanol–water partition coefficient (Wildman–Crippen LogP) is 2.86. The number of aryl methyl sites for hydroxylation is 1. The standard InChI is InChI=1S/C13H18O2/c1-4-11-7-5-6-8-12(11)13(14)9-15-10(2)3/h5-8,10H,4,9H2,1-3H3. The highest BCUT2D eigenvalue weighted by atomic mass is 16.5. The molecule has 1 aromatic carbocycles. The zero-order valence-corrected chi connectivity index (χ0v) is 9.62. The van der Waals surface area contributed by atoms with Crippen LogP contribution in [-0.4, -0.2) is 18.5 Å². The molecule has 0 unspecified atom stereocenters. The van der Waals surface area contributed by atoms with Crippen LogP contribution in [0.2, 0.25) is 0 Å². The molecule has 1 aromatic rings. The van der Waals surface area contributed by atoms with E-state index in [1.165, 1.54) is 0 Å². The van der Waals surface area contributed by atoms with Crippen LogP contribution in [0.1, 0.15) is 36.7 Å². The first-order valence-electron chi connectivity index (χ1n) is 5.37. The van der Waals surface area contributed by atoms with Gasteiger partial charge in [-0.15, -0.1) is 0 Å². The van der Waals surface area contributed by atoms with E-state index in [2.05, 4.69) is 6.92 Å². The van der Waals surface area contributed by atoms with E-state index in [0.29, 0.717) is 0 Å². The number of carbonyl (C=O) groups excluding carboxylic acids is 1. The third-order valence-electron chi connectivity index (χ3n) is 2.25. The van der Waals surface area contributed by atoms with Crippen LogP contribution < -0.4 is 0 Å². The number of hydrogen-bond acceptors (Lipinski definition) is 2. The van der Waals surface area contributed by atoms with Crippen molar-refractivity contribution in [1.82, 2.24) is 0 Å². The maximum atomic E-state index is 11.8. The summed E-state index contributed by atoms with van der Waals surface area (Å²) < 4.78 is 5.31. The summed E-state index contributed by atoms with van der Waals surface area (Å²) in [6.45, 7) is 6.09. The molecule has 0 aliphatic rings. The van der Waals surface area contributed by atoms with Gasteiger partial charge in [-0.05, 0) is 25.8 Å². The Morgan fingerprint density at radius 2 is 2.00 bits per heavy atom. The van der Waals surface area contributed by atoms with Crippen molar-refractivity contribution in [3.8, 4) is 0 Å². The van der Waals surface area contributed by atoms with Crippen LogP contribution in [0.5, 0.6) is 0 Å². The molecule has 2 heteroatoms. The van der Waals surface area contributed by atoms with Gasteiger partial charge >= 0.3 is 0 Å². The number of ketones is 1. The fraction of sp³-hybridized carbons (Fsp3) is 0.462. The van der Waals surface area contributed by atoms with E-state index in [1.54, 1.807) is 0 Å². The van der Waals surface area contributed by atoms with Crippen LogP contribution in [-0.2, 0) is 11.2 Å². The van der Waals surface area contributed by atoms with E-state index < -0.39 is 0 Å². The molecule has 82 valence electrons. The fourth-order valence-corrected chi connectivity index (χ4v) is 1.42. The van der Waals surface area contributed by atoms with Gasteiger partial charge < -0.3 is 4.74 Å². The smallest absolute Gasteiger partial charge is 0.188 e. The average Bonchev–Trinajstić information content (AvgIpc) is 2.25. The number of benzene rings is 1. The summed E-state index contributed by atoms with van der Waals surface area (Å²) >= 11 is 0. The van der Waals surface area contributed by atoms with Crippen LogP contribution in [0.4, 0.5) is 0 Å². The number of ether oxygens (including phenoxy) is 1.